The zero-order chi connectivity index (χ0) is 14.8. The molecule has 1 aliphatic rings. The first-order chi connectivity index (χ1) is 10.1. The van der Waals surface area contributed by atoms with E-state index in [0.29, 0.717) is 6.10 Å². The number of nitrogens with one attached hydrogen (secondary N) is 1. The van der Waals surface area contributed by atoms with Gasteiger partial charge in [0.25, 0.3) is 0 Å². The van der Waals surface area contributed by atoms with Crippen molar-refractivity contribution in [3.8, 4) is 0 Å². The number of aromatic amines is 1. The monoisotopic (exact) mass is 287 g/mol. The van der Waals surface area contributed by atoms with Crippen LogP contribution in [0.5, 0.6) is 0 Å². The highest BCUT2D eigenvalue weighted by molar-refractivity contribution is 5.79. The van der Waals surface area contributed by atoms with Gasteiger partial charge in [-0.15, -0.1) is 0 Å². The summed E-state index contributed by atoms with van der Waals surface area (Å²) in [5, 5.41) is 0. The summed E-state index contributed by atoms with van der Waals surface area (Å²) in [6, 6.07) is 4.28. The molecule has 4 nitrogen and oxygen atoms in total. The van der Waals surface area contributed by atoms with Crippen LogP contribution in [-0.4, -0.2) is 41.2 Å². The predicted octanol–water partition coefficient (Wildman–Crippen LogP) is 3.18. The van der Waals surface area contributed by atoms with Gasteiger partial charge in [-0.2, -0.15) is 0 Å². The molecule has 1 aromatic carbocycles. The van der Waals surface area contributed by atoms with Crippen LogP contribution < -0.4 is 0 Å². The summed E-state index contributed by atoms with van der Waals surface area (Å²) >= 11 is 0. The Balaban J connectivity index is 1.68. The molecule has 0 saturated carbocycles. The zero-order valence-corrected chi connectivity index (χ0v) is 13.3. The second-order valence-electron chi connectivity index (χ2n) is 6.27. The lowest BCUT2D eigenvalue weighted by atomic mass is 10.1. The average molecular weight is 287 g/mol. The molecule has 1 aromatic heterocycles. The molecule has 0 unspecified atom stereocenters. The van der Waals surface area contributed by atoms with E-state index in [-0.39, 0.29) is 0 Å². The van der Waals surface area contributed by atoms with Crippen molar-refractivity contribution in [1.29, 1.82) is 0 Å². The van der Waals surface area contributed by atoms with Crippen molar-refractivity contribution in [2.24, 2.45) is 0 Å². The normalized spacial score (nSPS) is 19.5. The van der Waals surface area contributed by atoms with Crippen LogP contribution in [0.25, 0.3) is 11.0 Å². The van der Waals surface area contributed by atoms with Crippen LogP contribution in [0.1, 0.15) is 36.2 Å². The van der Waals surface area contributed by atoms with Crippen molar-refractivity contribution >= 4 is 11.0 Å². The highest BCUT2D eigenvalue weighted by atomic mass is 16.5. The average Bonchev–Trinajstić information content (AvgIpc) is 2.87. The lowest BCUT2D eigenvalue weighted by molar-refractivity contribution is -0.00287. The Hall–Kier alpha value is -1.39. The van der Waals surface area contributed by atoms with Crippen molar-refractivity contribution < 1.29 is 4.74 Å². The molecule has 3 rings (SSSR count). The van der Waals surface area contributed by atoms with Crippen molar-refractivity contribution in [3.63, 3.8) is 0 Å². The molecule has 1 aliphatic heterocycles. The maximum Gasteiger partial charge on any atom is 0.121 e. The molecular formula is C17H25N3O. The quantitative estimate of drug-likeness (QED) is 0.939. The molecule has 4 heteroatoms. The number of fused-ring (bicyclic) bond motifs is 1. The van der Waals surface area contributed by atoms with E-state index in [0.717, 1.165) is 36.6 Å². The van der Waals surface area contributed by atoms with Crippen molar-refractivity contribution in [2.75, 3.05) is 20.2 Å². The number of ether oxygens (including phenoxy) is 1. The minimum absolute atomic E-state index is 0.386. The molecule has 1 saturated heterocycles. The third kappa shape index (κ3) is 3.27. The molecule has 0 spiro atoms. The summed E-state index contributed by atoms with van der Waals surface area (Å²) in [7, 11) is 2.14. The Morgan fingerprint density at radius 1 is 1.33 bits per heavy atom. The molecule has 1 fully saturated rings. The van der Waals surface area contributed by atoms with Crippen LogP contribution in [0.4, 0.5) is 0 Å². The van der Waals surface area contributed by atoms with Gasteiger partial charge in [-0.05, 0) is 57.4 Å². The Bertz CT molecular complexity index is 614. The Kier molecular flexibility index (Phi) is 4.27. The van der Waals surface area contributed by atoms with Crippen molar-refractivity contribution in [3.05, 3.63) is 29.1 Å². The Morgan fingerprint density at radius 2 is 2.19 bits per heavy atom. The predicted molar refractivity (Wildman–Crippen MR) is 85.5 cm³/mol. The zero-order valence-electron chi connectivity index (χ0n) is 13.3. The van der Waals surface area contributed by atoms with Gasteiger partial charge in [0.15, 0.2) is 0 Å². The summed E-state index contributed by atoms with van der Waals surface area (Å²) in [5.41, 5.74) is 4.81. The number of hydrogen-bond acceptors (Lipinski definition) is 3. The molecule has 2 heterocycles. The SMILES string of the molecule is Cc1ccc2[nH]c(CN(C)C[C@@H]3CCCCO3)nc2c1C. The van der Waals surface area contributed by atoms with Crippen LogP contribution in [0.15, 0.2) is 12.1 Å². The number of nitrogens with zero attached hydrogens (tertiary/aromatic N) is 2. The minimum atomic E-state index is 0.386. The van der Waals surface area contributed by atoms with Crippen LogP contribution in [-0.2, 0) is 11.3 Å². The number of H-pyrrole nitrogens is 1. The van der Waals surface area contributed by atoms with Gasteiger partial charge in [-0.1, -0.05) is 6.07 Å². The molecule has 0 aliphatic carbocycles. The molecule has 114 valence electrons. The fourth-order valence-corrected chi connectivity index (χ4v) is 3.06. The van der Waals surface area contributed by atoms with Gasteiger partial charge < -0.3 is 9.72 Å². The van der Waals surface area contributed by atoms with Crippen LogP contribution in [0.3, 0.4) is 0 Å². The highest BCUT2D eigenvalue weighted by Crippen LogP contribution is 2.20. The first-order valence-corrected chi connectivity index (χ1v) is 7.88. The Morgan fingerprint density at radius 3 is 2.95 bits per heavy atom. The van der Waals surface area contributed by atoms with Gasteiger partial charge in [0.05, 0.1) is 23.7 Å². The number of benzene rings is 1. The standard InChI is InChI=1S/C17H25N3O/c1-12-7-8-15-17(13(12)2)19-16(18-15)11-20(3)10-14-6-4-5-9-21-14/h7-8,14H,4-6,9-11H2,1-3H3,(H,18,19)/t14-/m0/s1. The van der Waals surface area contributed by atoms with E-state index in [1.807, 2.05) is 0 Å². The highest BCUT2D eigenvalue weighted by Gasteiger charge is 2.17. The van der Waals surface area contributed by atoms with E-state index in [9.17, 15) is 0 Å². The first kappa shape index (κ1) is 14.5. The largest absolute Gasteiger partial charge is 0.377 e. The van der Waals surface area contributed by atoms with Gasteiger partial charge in [-0.3, -0.25) is 4.90 Å². The third-order valence-electron chi connectivity index (χ3n) is 4.44. The second kappa shape index (κ2) is 6.16. The summed E-state index contributed by atoms with van der Waals surface area (Å²) in [4.78, 5) is 10.5. The van der Waals surface area contributed by atoms with E-state index in [4.69, 9.17) is 9.72 Å². The van der Waals surface area contributed by atoms with E-state index in [2.05, 4.69) is 42.9 Å². The lowest BCUT2D eigenvalue weighted by Crippen LogP contribution is -2.33. The fraction of sp³-hybridized carbons (Fsp3) is 0.588. The van der Waals surface area contributed by atoms with E-state index in [1.165, 1.54) is 30.4 Å². The topological polar surface area (TPSA) is 41.2 Å². The van der Waals surface area contributed by atoms with Gasteiger partial charge in [0, 0.05) is 13.2 Å². The van der Waals surface area contributed by atoms with Crippen molar-refractivity contribution in [1.82, 2.24) is 14.9 Å². The molecule has 0 bridgehead atoms. The maximum atomic E-state index is 5.81. The number of aromatic nitrogens is 2. The van der Waals surface area contributed by atoms with Crippen LogP contribution in [0.2, 0.25) is 0 Å². The smallest absolute Gasteiger partial charge is 0.121 e. The fourth-order valence-electron chi connectivity index (χ4n) is 3.06. The molecular weight excluding hydrogens is 262 g/mol. The van der Waals surface area contributed by atoms with E-state index in [1.54, 1.807) is 0 Å². The molecule has 0 amide bonds. The maximum absolute atomic E-state index is 5.81. The van der Waals surface area contributed by atoms with E-state index < -0.39 is 0 Å². The molecule has 0 radical (unpaired) electrons. The summed E-state index contributed by atoms with van der Waals surface area (Å²) in [6.45, 7) is 7.02. The number of likely N-dealkylation sites (N-methyl/N-ethyl adjacent to an activating group) is 1. The molecule has 1 N–H and O–H groups in total. The number of imidazole rings is 1. The Labute approximate surface area is 126 Å². The van der Waals surface area contributed by atoms with Crippen LogP contribution in [0, 0.1) is 13.8 Å². The molecule has 21 heavy (non-hydrogen) atoms. The third-order valence-corrected chi connectivity index (χ3v) is 4.44. The molecule has 1 atom stereocenters. The number of rotatable bonds is 4. The van der Waals surface area contributed by atoms with E-state index >= 15 is 0 Å². The van der Waals surface area contributed by atoms with Gasteiger partial charge in [-0.25, -0.2) is 4.98 Å². The van der Waals surface area contributed by atoms with Gasteiger partial charge >= 0.3 is 0 Å². The molecule has 2 aromatic rings. The summed E-state index contributed by atoms with van der Waals surface area (Å²) < 4.78 is 5.81. The number of hydrogen-bond donors (Lipinski definition) is 1. The first-order valence-electron chi connectivity index (χ1n) is 7.88. The van der Waals surface area contributed by atoms with Gasteiger partial charge in [0.1, 0.15) is 5.82 Å². The minimum Gasteiger partial charge on any atom is -0.377 e. The van der Waals surface area contributed by atoms with Crippen LogP contribution >= 0.6 is 0 Å². The summed E-state index contributed by atoms with van der Waals surface area (Å²) in [6.07, 6.45) is 4.07. The second-order valence-corrected chi connectivity index (χ2v) is 6.27. The summed E-state index contributed by atoms with van der Waals surface area (Å²) in [5.74, 6) is 1.04. The van der Waals surface area contributed by atoms with Crippen molar-refractivity contribution in [2.45, 2.75) is 45.8 Å². The van der Waals surface area contributed by atoms with Gasteiger partial charge in [0.2, 0.25) is 0 Å². The number of aryl methyl sites for hydroxylation is 2. The lowest BCUT2D eigenvalue weighted by Gasteiger charge is -2.26.